The number of anilines is 2. The Morgan fingerprint density at radius 3 is 2.61 bits per heavy atom. The van der Waals surface area contributed by atoms with Crippen LogP contribution in [0.25, 0.3) is 0 Å². The van der Waals surface area contributed by atoms with Gasteiger partial charge >= 0.3 is 0 Å². The lowest BCUT2D eigenvalue weighted by atomic mass is 9.88. The zero-order valence-corrected chi connectivity index (χ0v) is 18.4. The molecule has 0 bridgehead atoms. The Morgan fingerprint density at radius 1 is 1.29 bits per heavy atom. The van der Waals surface area contributed by atoms with E-state index in [9.17, 15) is 26.0 Å². The van der Waals surface area contributed by atoms with Gasteiger partial charge < -0.3 is 9.80 Å². The molecule has 3 rings (SSSR count). The molecule has 1 aliphatic heterocycles. The van der Waals surface area contributed by atoms with E-state index in [2.05, 4.69) is 4.98 Å². The van der Waals surface area contributed by atoms with Gasteiger partial charge in [0.25, 0.3) is 10.0 Å². The number of benzene rings is 1. The minimum atomic E-state index is -4.80. The summed E-state index contributed by atoms with van der Waals surface area (Å²) < 4.78 is 83.6. The van der Waals surface area contributed by atoms with Gasteiger partial charge in [-0.05, 0) is 32.6 Å². The molecule has 1 unspecified atom stereocenters. The summed E-state index contributed by atoms with van der Waals surface area (Å²) in [6.07, 6.45) is 0.439. The average molecular weight is 481 g/mol. The predicted molar refractivity (Wildman–Crippen MR) is 110 cm³/mol. The van der Waals surface area contributed by atoms with Crippen LogP contribution >= 0.6 is 11.6 Å². The highest BCUT2D eigenvalue weighted by Gasteiger charge is 2.40. The van der Waals surface area contributed by atoms with Crippen LogP contribution in [0.3, 0.4) is 0 Å². The maximum atomic E-state index is 14.9. The second-order valence-electron chi connectivity index (χ2n) is 7.83. The molecule has 1 aliphatic rings. The van der Waals surface area contributed by atoms with Gasteiger partial charge in [0.1, 0.15) is 16.7 Å². The molecule has 0 spiro atoms. The highest BCUT2D eigenvalue weighted by atomic mass is 35.5. The number of rotatable bonds is 7. The first-order valence-electron chi connectivity index (χ1n) is 9.26. The summed E-state index contributed by atoms with van der Waals surface area (Å²) in [5, 5.41) is -0.603. The van der Waals surface area contributed by atoms with Crippen LogP contribution in [0.4, 0.5) is 29.1 Å². The first-order valence-corrected chi connectivity index (χ1v) is 11.1. The third kappa shape index (κ3) is 4.88. The fraction of sp³-hybridized carbons (Fsp3) is 0.421. The molecule has 0 saturated carbocycles. The van der Waals surface area contributed by atoms with Crippen molar-refractivity contribution in [1.82, 2.24) is 9.88 Å². The molecule has 2 aromatic rings. The second-order valence-corrected chi connectivity index (χ2v) is 9.83. The van der Waals surface area contributed by atoms with Crippen molar-refractivity contribution in [3.63, 3.8) is 0 Å². The van der Waals surface area contributed by atoms with E-state index in [1.54, 1.807) is 14.1 Å². The van der Waals surface area contributed by atoms with E-state index in [4.69, 9.17) is 11.6 Å². The van der Waals surface area contributed by atoms with Gasteiger partial charge in [-0.2, -0.15) is 4.39 Å². The molecule has 0 aliphatic carbocycles. The minimum Gasteiger partial charge on any atom is -0.369 e. The molecule has 1 N–H and O–H groups in total. The number of hydrogen-bond donors (Lipinski definition) is 1. The van der Waals surface area contributed by atoms with E-state index < -0.39 is 55.4 Å². The first kappa shape index (κ1) is 23.6. The smallest absolute Gasteiger partial charge is 0.268 e. The molecule has 0 amide bonds. The molecule has 0 radical (unpaired) electrons. The van der Waals surface area contributed by atoms with Crippen LogP contribution in [-0.2, 0) is 10.0 Å². The monoisotopic (exact) mass is 480 g/mol. The first-order chi connectivity index (χ1) is 14.5. The Balaban J connectivity index is 1.94. The summed E-state index contributed by atoms with van der Waals surface area (Å²) in [7, 11) is -1.20. The van der Waals surface area contributed by atoms with E-state index in [0.717, 1.165) is 18.2 Å². The summed E-state index contributed by atoms with van der Waals surface area (Å²) in [6.45, 7) is 0.270. The predicted octanol–water partition coefficient (Wildman–Crippen LogP) is 3.68. The summed E-state index contributed by atoms with van der Waals surface area (Å²) in [5.41, 5.74) is -0.789. The number of pyridine rings is 1. The van der Waals surface area contributed by atoms with E-state index in [1.807, 2.05) is 9.62 Å². The van der Waals surface area contributed by atoms with Crippen LogP contribution in [0.2, 0.25) is 5.02 Å². The number of nitrogens with zero attached hydrogens (tertiary/aromatic N) is 3. The van der Waals surface area contributed by atoms with Gasteiger partial charge in [0.2, 0.25) is 5.95 Å². The zero-order chi connectivity index (χ0) is 23.0. The number of alkyl halides is 1. The molecule has 1 aromatic carbocycles. The Labute approximate surface area is 182 Å². The van der Waals surface area contributed by atoms with Crippen molar-refractivity contribution in [2.24, 2.45) is 5.41 Å². The molecule has 170 valence electrons. The highest BCUT2D eigenvalue weighted by Crippen LogP contribution is 2.40. The van der Waals surface area contributed by atoms with Gasteiger partial charge in [-0.3, -0.25) is 9.11 Å². The number of sulfonamides is 1. The standard InChI is InChI=1S/C19H21ClF4N4O2S/c1-27(2)10-19(9-21)6-7-28(11-19)13-8-12(22)18(17(24)16(13)20)31(29,30)26-15-5-3-4-14(23)25-15/h3-5,8H,6-7,9-11H2,1-2H3,(H,25,26). The summed E-state index contributed by atoms with van der Waals surface area (Å²) in [5.74, 6) is -4.30. The van der Waals surface area contributed by atoms with Gasteiger partial charge in [0, 0.05) is 31.1 Å². The SMILES string of the molecule is CN(C)CC1(CF)CCN(c2cc(F)c(S(=O)(=O)Nc3cccc(F)n3)c(F)c2Cl)C1. The molecule has 6 nitrogen and oxygen atoms in total. The van der Waals surface area contributed by atoms with Crippen LogP contribution in [0, 0.1) is 23.0 Å². The maximum Gasteiger partial charge on any atom is 0.268 e. The summed E-state index contributed by atoms with van der Waals surface area (Å²) in [6, 6.07) is 4.09. The van der Waals surface area contributed by atoms with E-state index >= 15 is 0 Å². The van der Waals surface area contributed by atoms with E-state index in [-0.39, 0.29) is 12.2 Å². The quantitative estimate of drug-likeness (QED) is 0.372. The van der Waals surface area contributed by atoms with Gasteiger partial charge in [0.05, 0.1) is 12.4 Å². The van der Waals surface area contributed by atoms with Crippen LogP contribution < -0.4 is 9.62 Å². The van der Waals surface area contributed by atoms with Crippen molar-refractivity contribution in [1.29, 1.82) is 0 Å². The normalized spacial score (nSPS) is 19.3. The second kappa shape index (κ2) is 8.79. The molecular weight excluding hydrogens is 460 g/mol. The molecule has 1 saturated heterocycles. The Bertz CT molecular complexity index is 1090. The van der Waals surface area contributed by atoms with Gasteiger partial charge in [-0.25, -0.2) is 22.2 Å². The van der Waals surface area contributed by atoms with Gasteiger partial charge in [-0.15, -0.1) is 0 Å². The summed E-state index contributed by atoms with van der Waals surface area (Å²) >= 11 is 6.07. The van der Waals surface area contributed by atoms with Crippen LogP contribution in [0.15, 0.2) is 29.2 Å². The highest BCUT2D eigenvalue weighted by molar-refractivity contribution is 7.92. The lowest BCUT2D eigenvalue weighted by Crippen LogP contribution is -2.38. The molecule has 12 heteroatoms. The molecule has 1 aromatic heterocycles. The third-order valence-corrected chi connectivity index (χ3v) is 6.78. The Hall–Kier alpha value is -2.11. The van der Waals surface area contributed by atoms with Crippen molar-refractivity contribution in [2.45, 2.75) is 11.3 Å². The third-order valence-electron chi connectivity index (χ3n) is 5.03. The van der Waals surface area contributed by atoms with E-state index in [1.165, 1.54) is 11.0 Å². The van der Waals surface area contributed by atoms with Crippen molar-refractivity contribution >= 4 is 33.1 Å². The van der Waals surface area contributed by atoms with Crippen molar-refractivity contribution in [2.75, 3.05) is 50.0 Å². The fourth-order valence-electron chi connectivity index (χ4n) is 3.79. The zero-order valence-electron chi connectivity index (χ0n) is 16.8. The molecular formula is C19H21ClF4N4O2S. The fourth-order valence-corrected chi connectivity index (χ4v) is 5.26. The Kier molecular flexibility index (Phi) is 6.68. The van der Waals surface area contributed by atoms with Crippen LogP contribution in [0.5, 0.6) is 0 Å². The van der Waals surface area contributed by atoms with Crippen molar-refractivity contribution < 1.29 is 26.0 Å². The van der Waals surface area contributed by atoms with Crippen molar-refractivity contribution in [3.05, 3.63) is 46.9 Å². The molecule has 1 atom stereocenters. The average Bonchev–Trinajstić information content (AvgIpc) is 3.07. The maximum absolute atomic E-state index is 14.9. The summed E-state index contributed by atoms with van der Waals surface area (Å²) in [4.78, 5) is 5.37. The van der Waals surface area contributed by atoms with E-state index in [0.29, 0.717) is 19.5 Å². The van der Waals surface area contributed by atoms with Gasteiger partial charge in [-0.1, -0.05) is 17.7 Å². The lowest BCUT2D eigenvalue weighted by molar-refractivity contribution is 0.170. The molecule has 1 fully saturated rings. The lowest BCUT2D eigenvalue weighted by Gasteiger charge is -2.30. The number of aromatic nitrogens is 1. The topological polar surface area (TPSA) is 65.5 Å². The number of nitrogens with one attached hydrogen (secondary N) is 1. The number of hydrogen-bond acceptors (Lipinski definition) is 5. The molecule has 31 heavy (non-hydrogen) atoms. The van der Waals surface area contributed by atoms with Crippen LogP contribution in [-0.4, -0.2) is 58.7 Å². The minimum absolute atomic E-state index is 0.0615. The van der Waals surface area contributed by atoms with Crippen molar-refractivity contribution in [3.8, 4) is 0 Å². The van der Waals surface area contributed by atoms with Crippen LogP contribution in [0.1, 0.15) is 6.42 Å². The van der Waals surface area contributed by atoms with Gasteiger partial charge in [0.15, 0.2) is 10.7 Å². The largest absolute Gasteiger partial charge is 0.369 e. The molecule has 2 heterocycles. The number of halogens is 5. The Morgan fingerprint density at radius 2 is 2.00 bits per heavy atom.